The Morgan fingerprint density at radius 3 is 3.00 bits per heavy atom. The van der Waals surface area contributed by atoms with E-state index in [9.17, 15) is 0 Å². The molecule has 0 spiro atoms. The molecule has 3 N–H and O–H groups in total. The molecule has 0 aromatic carbocycles. The van der Waals surface area contributed by atoms with Crippen molar-refractivity contribution in [3.05, 3.63) is 0 Å². The minimum atomic E-state index is 0.197. The van der Waals surface area contributed by atoms with Crippen molar-refractivity contribution < 1.29 is 5.11 Å². The van der Waals surface area contributed by atoms with E-state index in [4.69, 9.17) is 5.11 Å². The molecule has 100 valence electrons. The summed E-state index contributed by atoms with van der Waals surface area (Å²) in [5.41, 5.74) is 0. The Morgan fingerprint density at radius 1 is 1.59 bits per heavy atom. The van der Waals surface area contributed by atoms with Gasteiger partial charge < -0.3 is 15.7 Å². The molecule has 0 aliphatic carbocycles. The molecule has 0 saturated carbocycles. The molecular weight excluding hydrogens is 234 g/mol. The lowest BCUT2D eigenvalue weighted by Crippen LogP contribution is -2.45. The van der Waals surface area contributed by atoms with Crippen molar-refractivity contribution in [2.75, 3.05) is 31.2 Å². The van der Waals surface area contributed by atoms with Crippen LogP contribution in [0.1, 0.15) is 26.7 Å². The Balaban J connectivity index is 2.40. The minimum Gasteiger partial charge on any atom is -0.396 e. The summed E-state index contributed by atoms with van der Waals surface area (Å²) in [6.45, 7) is 5.82. The lowest BCUT2D eigenvalue weighted by Gasteiger charge is -2.24. The third kappa shape index (κ3) is 6.17. The number of guanidine groups is 1. The van der Waals surface area contributed by atoms with Gasteiger partial charge in [-0.05, 0) is 31.4 Å². The highest BCUT2D eigenvalue weighted by molar-refractivity contribution is 7.99. The molecule has 1 fully saturated rings. The van der Waals surface area contributed by atoms with Gasteiger partial charge in [0.25, 0.3) is 0 Å². The van der Waals surface area contributed by atoms with E-state index in [0.29, 0.717) is 12.6 Å². The van der Waals surface area contributed by atoms with Gasteiger partial charge in [-0.25, -0.2) is 0 Å². The van der Waals surface area contributed by atoms with Crippen molar-refractivity contribution in [2.24, 2.45) is 10.9 Å². The number of aliphatic hydroxyl groups is 1. The second-order valence-corrected chi connectivity index (χ2v) is 5.72. The predicted octanol–water partition coefficient (Wildman–Crippen LogP) is 1.07. The first-order valence-electron chi connectivity index (χ1n) is 6.49. The smallest absolute Gasteiger partial charge is 0.191 e. The molecule has 1 aliphatic rings. The molecule has 5 heteroatoms. The van der Waals surface area contributed by atoms with E-state index < -0.39 is 0 Å². The summed E-state index contributed by atoms with van der Waals surface area (Å²) in [7, 11) is 0. The number of aliphatic imine (C=N–C) groups is 1. The van der Waals surface area contributed by atoms with Crippen LogP contribution in [0.2, 0.25) is 0 Å². The van der Waals surface area contributed by atoms with Crippen LogP contribution in [0, 0.1) is 5.92 Å². The van der Waals surface area contributed by atoms with E-state index in [1.165, 1.54) is 24.3 Å². The number of nitrogens with zero attached hydrogens (tertiary/aromatic N) is 1. The number of hydrogen-bond acceptors (Lipinski definition) is 3. The van der Waals surface area contributed by atoms with Gasteiger partial charge >= 0.3 is 0 Å². The maximum atomic E-state index is 8.99. The molecule has 0 bridgehead atoms. The first kappa shape index (κ1) is 14.6. The van der Waals surface area contributed by atoms with E-state index in [2.05, 4.69) is 22.5 Å². The Labute approximate surface area is 109 Å². The Hall–Kier alpha value is -0.420. The summed E-state index contributed by atoms with van der Waals surface area (Å²) in [6.07, 6.45) is 2.52. The molecule has 0 radical (unpaired) electrons. The molecule has 0 amide bonds. The monoisotopic (exact) mass is 259 g/mol. The van der Waals surface area contributed by atoms with Gasteiger partial charge in [0.05, 0.1) is 0 Å². The molecule has 4 nitrogen and oxygen atoms in total. The lowest BCUT2D eigenvalue weighted by molar-refractivity contribution is 0.241. The van der Waals surface area contributed by atoms with E-state index in [1.54, 1.807) is 0 Å². The standard InChI is InChI=1S/C12H25N3OS/c1-3-13-12(14-7-10(2)8-16)15-11-5-4-6-17-9-11/h10-11,16H,3-9H2,1-2H3,(H2,13,14,15). The van der Waals surface area contributed by atoms with Crippen LogP contribution < -0.4 is 10.6 Å². The zero-order chi connectivity index (χ0) is 12.5. The summed E-state index contributed by atoms with van der Waals surface area (Å²) in [6, 6.07) is 0.538. The number of aliphatic hydroxyl groups excluding tert-OH is 1. The Morgan fingerprint density at radius 2 is 2.41 bits per heavy atom. The highest BCUT2D eigenvalue weighted by Gasteiger charge is 2.14. The maximum absolute atomic E-state index is 8.99. The SMILES string of the molecule is CCNC(=NCC(C)CO)NC1CCCSC1. The first-order valence-corrected chi connectivity index (χ1v) is 7.65. The van der Waals surface area contributed by atoms with Crippen molar-refractivity contribution in [1.82, 2.24) is 10.6 Å². The van der Waals surface area contributed by atoms with Gasteiger partial charge in [0.1, 0.15) is 0 Å². The average molecular weight is 259 g/mol. The van der Waals surface area contributed by atoms with Crippen LogP contribution in [-0.2, 0) is 0 Å². The highest BCUT2D eigenvalue weighted by Crippen LogP contribution is 2.16. The Bertz CT molecular complexity index is 230. The van der Waals surface area contributed by atoms with Gasteiger partial charge in [0.15, 0.2) is 5.96 Å². The van der Waals surface area contributed by atoms with Crippen molar-refractivity contribution >= 4 is 17.7 Å². The van der Waals surface area contributed by atoms with Crippen LogP contribution >= 0.6 is 11.8 Å². The van der Waals surface area contributed by atoms with Gasteiger partial charge in [-0.2, -0.15) is 11.8 Å². The molecular formula is C12H25N3OS. The zero-order valence-electron chi connectivity index (χ0n) is 10.9. The first-order chi connectivity index (χ1) is 8.26. The largest absolute Gasteiger partial charge is 0.396 e. The molecule has 1 saturated heterocycles. The van der Waals surface area contributed by atoms with Crippen LogP contribution in [0.3, 0.4) is 0 Å². The van der Waals surface area contributed by atoms with Crippen LogP contribution in [0.5, 0.6) is 0 Å². The fourth-order valence-corrected chi connectivity index (χ4v) is 2.74. The predicted molar refractivity (Wildman–Crippen MR) is 75.7 cm³/mol. The van der Waals surface area contributed by atoms with Crippen molar-refractivity contribution in [3.63, 3.8) is 0 Å². The van der Waals surface area contributed by atoms with Crippen LogP contribution in [-0.4, -0.2) is 48.3 Å². The van der Waals surface area contributed by atoms with Gasteiger partial charge in [-0.15, -0.1) is 0 Å². The van der Waals surface area contributed by atoms with Gasteiger partial charge in [-0.3, -0.25) is 4.99 Å². The highest BCUT2D eigenvalue weighted by atomic mass is 32.2. The maximum Gasteiger partial charge on any atom is 0.191 e. The molecule has 17 heavy (non-hydrogen) atoms. The summed E-state index contributed by atoms with van der Waals surface area (Å²) >= 11 is 2.01. The fourth-order valence-electron chi connectivity index (χ4n) is 1.67. The van der Waals surface area contributed by atoms with E-state index in [-0.39, 0.29) is 12.5 Å². The van der Waals surface area contributed by atoms with Crippen molar-refractivity contribution in [2.45, 2.75) is 32.7 Å². The number of thioether (sulfide) groups is 1. The number of hydrogen-bond donors (Lipinski definition) is 3. The molecule has 1 aliphatic heterocycles. The molecule has 0 aromatic heterocycles. The molecule has 0 aromatic rings. The number of nitrogens with one attached hydrogen (secondary N) is 2. The van der Waals surface area contributed by atoms with Gasteiger partial charge in [0, 0.05) is 31.5 Å². The third-order valence-electron chi connectivity index (χ3n) is 2.72. The quantitative estimate of drug-likeness (QED) is 0.510. The van der Waals surface area contributed by atoms with Gasteiger partial charge in [0.2, 0.25) is 0 Å². The number of rotatable bonds is 5. The lowest BCUT2D eigenvalue weighted by atomic mass is 10.2. The molecule has 1 heterocycles. The minimum absolute atomic E-state index is 0.197. The summed E-state index contributed by atoms with van der Waals surface area (Å²) in [5.74, 6) is 3.57. The van der Waals surface area contributed by atoms with Crippen LogP contribution in [0.15, 0.2) is 4.99 Å². The fraction of sp³-hybridized carbons (Fsp3) is 0.917. The van der Waals surface area contributed by atoms with Crippen LogP contribution in [0.25, 0.3) is 0 Å². The van der Waals surface area contributed by atoms with E-state index in [0.717, 1.165) is 12.5 Å². The topological polar surface area (TPSA) is 56.7 Å². The molecule has 1 rings (SSSR count). The third-order valence-corrected chi connectivity index (χ3v) is 3.93. The summed E-state index contributed by atoms with van der Waals surface area (Å²) < 4.78 is 0. The van der Waals surface area contributed by atoms with E-state index in [1.807, 2.05) is 18.7 Å². The van der Waals surface area contributed by atoms with Crippen LogP contribution in [0.4, 0.5) is 0 Å². The van der Waals surface area contributed by atoms with Crippen molar-refractivity contribution in [1.29, 1.82) is 0 Å². The van der Waals surface area contributed by atoms with E-state index >= 15 is 0 Å². The zero-order valence-corrected chi connectivity index (χ0v) is 11.7. The van der Waals surface area contributed by atoms with Crippen molar-refractivity contribution in [3.8, 4) is 0 Å². The average Bonchev–Trinajstić information content (AvgIpc) is 2.37. The summed E-state index contributed by atoms with van der Waals surface area (Å²) in [5, 5.41) is 15.7. The second-order valence-electron chi connectivity index (χ2n) is 4.57. The second kappa shape index (κ2) is 8.64. The normalized spacial score (nSPS) is 23.2. The molecule has 2 unspecified atom stereocenters. The Kier molecular flexibility index (Phi) is 7.44. The summed E-state index contributed by atoms with van der Waals surface area (Å²) in [4.78, 5) is 4.50. The molecule has 2 atom stereocenters. The van der Waals surface area contributed by atoms with Gasteiger partial charge in [-0.1, -0.05) is 6.92 Å².